The summed E-state index contributed by atoms with van der Waals surface area (Å²) in [6, 6.07) is 5.90. The molecule has 0 amide bonds. The van der Waals surface area contributed by atoms with Crippen molar-refractivity contribution in [1.82, 2.24) is 9.71 Å². The van der Waals surface area contributed by atoms with Gasteiger partial charge in [0.2, 0.25) is 0 Å². The van der Waals surface area contributed by atoms with Gasteiger partial charge >= 0.3 is 0 Å². The Balaban J connectivity index is 1.44. The van der Waals surface area contributed by atoms with Crippen LogP contribution in [-0.4, -0.2) is 40.1 Å². The number of aliphatic hydroxyl groups is 1. The third-order valence-electron chi connectivity index (χ3n) is 6.90. The second kappa shape index (κ2) is 11.8. The molecule has 3 N–H and O–H groups in total. The minimum atomic E-state index is -1.42. The van der Waals surface area contributed by atoms with Gasteiger partial charge in [-0.3, -0.25) is 0 Å². The fraction of sp³-hybridized carbons (Fsp3) is 0.640. The molecule has 0 spiro atoms. The number of benzene rings is 1. The molecule has 2 aliphatic rings. The van der Waals surface area contributed by atoms with E-state index in [1.165, 1.54) is 38.5 Å². The highest BCUT2D eigenvalue weighted by Gasteiger charge is 2.24. The quantitative estimate of drug-likeness (QED) is 0.436. The SMILES string of the molecule is COc1ccc(-c2sc(NCCC3CCCCC3)nc2C)cc1S(=O)NC1CCCC(O)C1. The molecular formula is C25H37N3O3S2. The van der Waals surface area contributed by atoms with Gasteiger partial charge in [0.25, 0.3) is 0 Å². The maximum Gasteiger partial charge on any atom is 0.183 e. The van der Waals surface area contributed by atoms with Gasteiger partial charge in [0.15, 0.2) is 5.13 Å². The summed E-state index contributed by atoms with van der Waals surface area (Å²) in [4.78, 5) is 6.47. The highest BCUT2D eigenvalue weighted by molar-refractivity contribution is 7.83. The van der Waals surface area contributed by atoms with E-state index < -0.39 is 11.0 Å². The summed E-state index contributed by atoms with van der Waals surface area (Å²) in [5.41, 5.74) is 1.98. The number of rotatable bonds is 9. The predicted molar refractivity (Wildman–Crippen MR) is 136 cm³/mol. The average Bonchev–Trinajstić information content (AvgIpc) is 3.19. The van der Waals surface area contributed by atoms with Gasteiger partial charge in [-0.15, -0.1) is 0 Å². The Morgan fingerprint density at radius 3 is 2.76 bits per heavy atom. The normalized spacial score (nSPS) is 22.8. The summed E-state index contributed by atoms with van der Waals surface area (Å²) < 4.78 is 21.9. The molecule has 6 nitrogen and oxygen atoms in total. The smallest absolute Gasteiger partial charge is 0.183 e. The highest BCUT2D eigenvalue weighted by Crippen LogP contribution is 2.36. The van der Waals surface area contributed by atoms with Crippen molar-refractivity contribution < 1.29 is 14.1 Å². The highest BCUT2D eigenvalue weighted by atomic mass is 32.2. The van der Waals surface area contributed by atoms with Gasteiger partial charge in [-0.05, 0) is 68.7 Å². The number of aliphatic hydroxyl groups excluding tert-OH is 1. The minimum absolute atomic E-state index is 0.0491. The van der Waals surface area contributed by atoms with Crippen LogP contribution in [0.3, 0.4) is 0 Å². The molecule has 2 aromatic rings. The first kappa shape index (κ1) is 24.6. The molecule has 8 heteroatoms. The lowest BCUT2D eigenvalue weighted by Gasteiger charge is -2.26. The van der Waals surface area contributed by atoms with Crippen LogP contribution in [-0.2, 0) is 11.0 Å². The van der Waals surface area contributed by atoms with Gasteiger partial charge in [-0.1, -0.05) is 43.4 Å². The van der Waals surface area contributed by atoms with Crippen LogP contribution in [0.5, 0.6) is 5.75 Å². The molecule has 1 aromatic carbocycles. The molecule has 2 saturated carbocycles. The van der Waals surface area contributed by atoms with Gasteiger partial charge in [0.05, 0.1) is 28.7 Å². The van der Waals surface area contributed by atoms with E-state index in [1.54, 1.807) is 18.4 Å². The number of aromatic nitrogens is 1. The first-order valence-corrected chi connectivity index (χ1v) is 14.3. The fourth-order valence-corrected chi connectivity index (χ4v) is 7.25. The Morgan fingerprint density at radius 1 is 1.18 bits per heavy atom. The summed E-state index contributed by atoms with van der Waals surface area (Å²) in [6.07, 6.45) is 11.1. The Bertz CT molecular complexity index is 943. The molecule has 2 fully saturated rings. The summed E-state index contributed by atoms with van der Waals surface area (Å²) in [6.45, 7) is 2.99. The topological polar surface area (TPSA) is 83.5 Å². The second-order valence-electron chi connectivity index (χ2n) is 9.42. The molecule has 0 bridgehead atoms. The zero-order chi connectivity index (χ0) is 23.2. The van der Waals surface area contributed by atoms with Gasteiger partial charge < -0.3 is 15.2 Å². The largest absolute Gasteiger partial charge is 0.495 e. The van der Waals surface area contributed by atoms with E-state index in [2.05, 4.69) is 10.0 Å². The number of ether oxygens (including phenoxy) is 1. The number of hydrogen-bond acceptors (Lipinski definition) is 6. The number of thiazole rings is 1. The van der Waals surface area contributed by atoms with Crippen molar-refractivity contribution >= 4 is 27.5 Å². The van der Waals surface area contributed by atoms with Crippen molar-refractivity contribution in [3.05, 3.63) is 23.9 Å². The van der Waals surface area contributed by atoms with Crippen LogP contribution in [0.1, 0.15) is 69.9 Å². The number of nitrogens with zero attached hydrogens (tertiary/aromatic N) is 1. The second-order valence-corrected chi connectivity index (χ2v) is 11.6. The third-order valence-corrected chi connectivity index (χ3v) is 9.33. The van der Waals surface area contributed by atoms with Crippen molar-refractivity contribution in [3.63, 3.8) is 0 Å². The predicted octanol–water partition coefficient (Wildman–Crippen LogP) is 5.43. The van der Waals surface area contributed by atoms with Crippen molar-refractivity contribution in [2.45, 2.75) is 88.2 Å². The van der Waals surface area contributed by atoms with Crippen LogP contribution in [0, 0.1) is 12.8 Å². The summed E-state index contributed by atoms with van der Waals surface area (Å²) in [7, 11) is 0.187. The van der Waals surface area contributed by atoms with Gasteiger partial charge in [-0.2, -0.15) is 0 Å². The zero-order valence-electron chi connectivity index (χ0n) is 19.8. The molecule has 0 radical (unpaired) electrons. The van der Waals surface area contributed by atoms with Crippen LogP contribution >= 0.6 is 11.3 Å². The monoisotopic (exact) mass is 491 g/mol. The van der Waals surface area contributed by atoms with Crippen LogP contribution in [0.15, 0.2) is 23.1 Å². The van der Waals surface area contributed by atoms with Crippen LogP contribution in [0.25, 0.3) is 10.4 Å². The van der Waals surface area contributed by atoms with E-state index >= 15 is 0 Å². The van der Waals surface area contributed by atoms with Crippen molar-refractivity contribution in [2.24, 2.45) is 5.92 Å². The van der Waals surface area contributed by atoms with Crippen molar-refractivity contribution in [2.75, 3.05) is 19.0 Å². The lowest BCUT2D eigenvalue weighted by molar-refractivity contribution is 0.117. The standard InChI is InChI=1S/C25H37N3O3S2/c1-17-24(32-25(27-17)26-14-13-18-7-4-3-5-8-18)19-11-12-22(31-2)23(15-19)33(30)28-20-9-6-10-21(29)16-20/h11-12,15,18,20-21,28-29H,3-10,13-14,16H2,1-2H3,(H,26,27). The lowest BCUT2D eigenvalue weighted by atomic mass is 9.87. The van der Waals surface area contributed by atoms with Gasteiger partial charge in [-0.25, -0.2) is 13.9 Å². The van der Waals surface area contributed by atoms with Crippen molar-refractivity contribution in [1.29, 1.82) is 0 Å². The molecule has 0 saturated heterocycles. The maximum atomic E-state index is 13.2. The number of anilines is 1. The molecule has 4 rings (SSSR count). The molecule has 2 aliphatic carbocycles. The molecule has 33 heavy (non-hydrogen) atoms. The van der Waals surface area contributed by atoms with Crippen LogP contribution < -0.4 is 14.8 Å². The average molecular weight is 492 g/mol. The molecule has 1 heterocycles. The molecule has 3 atom stereocenters. The Morgan fingerprint density at radius 2 is 2.00 bits per heavy atom. The van der Waals surface area contributed by atoms with E-state index in [4.69, 9.17) is 9.72 Å². The summed E-state index contributed by atoms with van der Waals surface area (Å²) in [5, 5.41) is 14.4. The van der Waals surface area contributed by atoms with Crippen LogP contribution in [0.4, 0.5) is 5.13 Å². The molecule has 3 unspecified atom stereocenters. The molecule has 0 aliphatic heterocycles. The molecular weight excluding hydrogens is 454 g/mol. The van der Waals surface area contributed by atoms with Crippen molar-refractivity contribution in [3.8, 4) is 16.2 Å². The zero-order valence-corrected chi connectivity index (χ0v) is 21.4. The number of hydrogen-bond donors (Lipinski definition) is 3. The first-order valence-electron chi connectivity index (χ1n) is 12.3. The molecule has 182 valence electrons. The number of aryl methyl sites for hydroxylation is 1. The van der Waals surface area contributed by atoms with E-state index in [1.807, 2.05) is 25.1 Å². The Kier molecular flexibility index (Phi) is 8.79. The number of nitrogens with one attached hydrogen (secondary N) is 2. The first-order chi connectivity index (χ1) is 16.0. The molecule has 1 aromatic heterocycles. The lowest BCUT2D eigenvalue weighted by Crippen LogP contribution is -2.37. The third kappa shape index (κ3) is 6.56. The Labute approximate surface area is 204 Å². The minimum Gasteiger partial charge on any atom is -0.495 e. The fourth-order valence-electron chi connectivity index (χ4n) is 5.05. The summed E-state index contributed by atoms with van der Waals surface area (Å²) in [5.74, 6) is 1.46. The summed E-state index contributed by atoms with van der Waals surface area (Å²) >= 11 is 1.65. The van der Waals surface area contributed by atoms with E-state index in [-0.39, 0.29) is 12.1 Å². The maximum absolute atomic E-state index is 13.2. The van der Waals surface area contributed by atoms with E-state index in [9.17, 15) is 9.32 Å². The Hall–Kier alpha value is -1.48. The van der Waals surface area contributed by atoms with E-state index in [0.717, 1.165) is 53.0 Å². The van der Waals surface area contributed by atoms with Gasteiger partial charge in [0, 0.05) is 12.6 Å². The van der Waals surface area contributed by atoms with Crippen LogP contribution in [0.2, 0.25) is 0 Å². The number of methoxy groups -OCH3 is 1. The van der Waals surface area contributed by atoms with E-state index in [0.29, 0.717) is 17.1 Å². The van der Waals surface area contributed by atoms with Gasteiger partial charge in [0.1, 0.15) is 16.7 Å².